The average molecular weight is 370 g/mol. The van der Waals surface area contributed by atoms with Crippen LogP contribution in [0.1, 0.15) is 5.69 Å². The third-order valence-electron chi connectivity index (χ3n) is 3.60. The minimum Gasteiger partial charge on any atom is -0.495 e. The number of halogens is 1. The summed E-state index contributed by atoms with van der Waals surface area (Å²) in [4.78, 5) is 21.0. The van der Waals surface area contributed by atoms with Gasteiger partial charge in [0.2, 0.25) is 5.91 Å². The lowest BCUT2D eigenvalue weighted by molar-refractivity contribution is -0.111. The predicted octanol–water partition coefficient (Wildman–Crippen LogP) is 3.95. The van der Waals surface area contributed by atoms with Gasteiger partial charge in [0.25, 0.3) is 0 Å². The smallest absolute Gasteiger partial charge is 0.248 e. The van der Waals surface area contributed by atoms with E-state index in [0.29, 0.717) is 27.9 Å². The normalized spacial score (nSPS) is 10.9. The molecule has 0 spiro atoms. The first-order valence-corrected chi connectivity index (χ1v) is 8.11. The van der Waals surface area contributed by atoms with Gasteiger partial charge >= 0.3 is 0 Å². The molecule has 1 N–H and O–H groups in total. The van der Waals surface area contributed by atoms with Gasteiger partial charge in [0.05, 0.1) is 47.9 Å². The molecular formula is C19H16ClN3O3. The van der Waals surface area contributed by atoms with Gasteiger partial charge in [-0.25, -0.2) is 4.98 Å². The number of benzene rings is 2. The lowest BCUT2D eigenvalue weighted by Crippen LogP contribution is -2.09. The van der Waals surface area contributed by atoms with Gasteiger partial charge in [0.15, 0.2) is 0 Å². The van der Waals surface area contributed by atoms with Crippen LogP contribution in [-0.4, -0.2) is 30.1 Å². The zero-order valence-corrected chi connectivity index (χ0v) is 14.9. The predicted molar refractivity (Wildman–Crippen MR) is 102 cm³/mol. The average Bonchev–Trinajstić information content (AvgIpc) is 2.67. The minimum absolute atomic E-state index is 0.345. The van der Waals surface area contributed by atoms with Crippen molar-refractivity contribution in [3.8, 4) is 11.5 Å². The molecule has 26 heavy (non-hydrogen) atoms. The Bertz CT molecular complexity index is 989. The number of aromatic nitrogens is 2. The van der Waals surface area contributed by atoms with E-state index in [1.54, 1.807) is 24.4 Å². The van der Waals surface area contributed by atoms with Crippen molar-refractivity contribution in [3.63, 3.8) is 0 Å². The number of para-hydroxylation sites is 2. The van der Waals surface area contributed by atoms with Crippen LogP contribution >= 0.6 is 11.6 Å². The van der Waals surface area contributed by atoms with Crippen LogP contribution in [-0.2, 0) is 4.79 Å². The van der Waals surface area contributed by atoms with E-state index >= 15 is 0 Å². The Morgan fingerprint density at radius 3 is 2.58 bits per heavy atom. The van der Waals surface area contributed by atoms with E-state index in [9.17, 15) is 4.79 Å². The van der Waals surface area contributed by atoms with Gasteiger partial charge in [-0.2, -0.15) is 0 Å². The maximum atomic E-state index is 12.2. The van der Waals surface area contributed by atoms with Gasteiger partial charge in [-0.05, 0) is 18.2 Å². The number of carbonyl (C=O) groups is 1. The molecular weight excluding hydrogens is 354 g/mol. The number of fused-ring (bicyclic) bond motifs is 1. The van der Waals surface area contributed by atoms with E-state index < -0.39 is 0 Å². The summed E-state index contributed by atoms with van der Waals surface area (Å²) in [7, 11) is 2.99. The van der Waals surface area contributed by atoms with Gasteiger partial charge in [-0.1, -0.05) is 23.7 Å². The molecule has 0 atom stereocenters. The van der Waals surface area contributed by atoms with Crippen LogP contribution in [0.25, 0.3) is 17.1 Å². The van der Waals surface area contributed by atoms with Gasteiger partial charge in [0.1, 0.15) is 11.5 Å². The highest BCUT2D eigenvalue weighted by atomic mass is 35.5. The largest absolute Gasteiger partial charge is 0.495 e. The molecule has 132 valence electrons. The number of hydrogen-bond acceptors (Lipinski definition) is 5. The van der Waals surface area contributed by atoms with Crippen LogP contribution in [0.3, 0.4) is 0 Å². The summed E-state index contributed by atoms with van der Waals surface area (Å²) in [6.45, 7) is 0. The number of rotatable bonds is 5. The molecule has 2 aromatic carbocycles. The lowest BCUT2D eigenvalue weighted by atomic mass is 10.2. The molecule has 1 amide bonds. The SMILES string of the molecule is COc1cc(NC(=O)/C=C/c2cnc3ccccc3n2)c(OC)cc1Cl. The summed E-state index contributed by atoms with van der Waals surface area (Å²) >= 11 is 6.06. The third kappa shape index (κ3) is 3.92. The molecule has 0 aliphatic rings. The molecule has 0 aliphatic heterocycles. The van der Waals surface area contributed by atoms with Crippen LogP contribution in [0.2, 0.25) is 5.02 Å². The fraction of sp³-hybridized carbons (Fsp3) is 0.105. The quantitative estimate of drug-likeness (QED) is 0.689. The number of amides is 1. The molecule has 0 bridgehead atoms. The van der Waals surface area contributed by atoms with Crippen LogP contribution in [0.4, 0.5) is 5.69 Å². The molecule has 0 radical (unpaired) electrons. The number of nitrogens with one attached hydrogen (secondary N) is 1. The molecule has 0 saturated heterocycles. The monoisotopic (exact) mass is 369 g/mol. The summed E-state index contributed by atoms with van der Waals surface area (Å²) in [5, 5.41) is 3.13. The van der Waals surface area contributed by atoms with E-state index in [0.717, 1.165) is 11.0 Å². The Hall–Kier alpha value is -3.12. The van der Waals surface area contributed by atoms with E-state index in [2.05, 4.69) is 15.3 Å². The van der Waals surface area contributed by atoms with Gasteiger partial charge in [-0.15, -0.1) is 0 Å². The van der Waals surface area contributed by atoms with Crippen molar-refractivity contribution >= 4 is 40.3 Å². The minimum atomic E-state index is -0.345. The molecule has 3 aromatic rings. The van der Waals surface area contributed by atoms with Crippen LogP contribution in [0.5, 0.6) is 11.5 Å². The maximum Gasteiger partial charge on any atom is 0.248 e. The van der Waals surface area contributed by atoms with Crippen molar-refractivity contribution in [2.45, 2.75) is 0 Å². The van der Waals surface area contributed by atoms with Crippen molar-refractivity contribution in [2.24, 2.45) is 0 Å². The lowest BCUT2D eigenvalue weighted by Gasteiger charge is -2.12. The van der Waals surface area contributed by atoms with Crippen molar-refractivity contribution in [2.75, 3.05) is 19.5 Å². The molecule has 6 nitrogen and oxygen atoms in total. The van der Waals surface area contributed by atoms with Gasteiger partial charge < -0.3 is 14.8 Å². The van der Waals surface area contributed by atoms with E-state index in [-0.39, 0.29) is 5.91 Å². The summed E-state index contributed by atoms with van der Waals surface area (Å²) < 4.78 is 10.4. The molecule has 7 heteroatoms. The number of nitrogens with zero attached hydrogens (tertiary/aromatic N) is 2. The van der Waals surface area contributed by atoms with Gasteiger partial charge in [0, 0.05) is 18.2 Å². The molecule has 3 rings (SSSR count). The first-order chi connectivity index (χ1) is 12.6. The Labute approximate surface area is 155 Å². The second-order valence-electron chi connectivity index (χ2n) is 5.29. The summed E-state index contributed by atoms with van der Waals surface area (Å²) in [6.07, 6.45) is 4.58. The molecule has 0 fully saturated rings. The summed E-state index contributed by atoms with van der Waals surface area (Å²) in [6, 6.07) is 10.7. The second kappa shape index (κ2) is 7.84. The first kappa shape index (κ1) is 17.7. The molecule has 0 saturated carbocycles. The topological polar surface area (TPSA) is 73.3 Å². The highest BCUT2D eigenvalue weighted by Gasteiger charge is 2.11. The highest BCUT2D eigenvalue weighted by molar-refractivity contribution is 6.32. The van der Waals surface area contributed by atoms with E-state index in [1.165, 1.54) is 20.3 Å². The third-order valence-corrected chi connectivity index (χ3v) is 3.90. The Morgan fingerprint density at radius 2 is 1.85 bits per heavy atom. The number of anilines is 1. The molecule has 0 unspecified atom stereocenters. The standard InChI is InChI=1S/C19H16ClN3O3/c1-25-17-10-16(18(26-2)9-13(17)20)23-19(24)8-7-12-11-21-14-5-3-4-6-15(14)22-12/h3-11H,1-2H3,(H,23,24)/b8-7+. The van der Waals surface area contributed by atoms with Crippen molar-refractivity contribution in [3.05, 3.63) is 59.4 Å². The van der Waals surface area contributed by atoms with Crippen molar-refractivity contribution in [1.29, 1.82) is 0 Å². The van der Waals surface area contributed by atoms with E-state index in [4.69, 9.17) is 21.1 Å². The number of methoxy groups -OCH3 is 2. The van der Waals surface area contributed by atoms with Gasteiger partial charge in [-0.3, -0.25) is 9.78 Å². The highest BCUT2D eigenvalue weighted by Crippen LogP contribution is 2.35. The van der Waals surface area contributed by atoms with Crippen LogP contribution in [0.15, 0.2) is 48.7 Å². The number of ether oxygens (including phenoxy) is 2. The fourth-order valence-corrected chi connectivity index (χ4v) is 2.58. The summed E-state index contributed by atoms with van der Waals surface area (Å²) in [5.74, 6) is 0.526. The molecule has 1 aromatic heterocycles. The molecule has 1 heterocycles. The zero-order valence-electron chi connectivity index (χ0n) is 14.2. The Morgan fingerprint density at radius 1 is 1.12 bits per heavy atom. The van der Waals surface area contributed by atoms with Crippen molar-refractivity contribution < 1.29 is 14.3 Å². The van der Waals surface area contributed by atoms with E-state index in [1.807, 2.05) is 24.3 Å². The first-order valence-electron chi connectivity index (χ1n) is 7.73. The second-order valence-corrected chi connectivity index (χ2v) is 5.70. The van der Waals surface area contributed by atoms with Crippen LogP contribution < -0.4 is 14.8 Å². The molecule has 0 aliphatic carbocycles. The number of hydrogen-bond donors (Lipinski definition) is 1. The summed E-state index contributed by atoms with van der Waals surface area (Å²) in [5.41, 5.74) is 2.60. The Balaban J connectivity index is 1.78. The fourth-order valence-electron chi connectivity index (χ4n) is 2.35. The van der Waals surface area contributed by atoms with Crippen molar-refractivity contribution in [1.82, 2.24) is 9.97 Å². The Kier molecular flexibility index (Phi) is 5.34. The van der Waals surface area contributed by atoms with Crippen LogP contribution in [0, 0.1) is 0 Å². The maximum absolute atomic E-state index is 12.2. The zero-order chi connectivity index (χ0) is 18.5. The number of carbonyl (C=O) groups excluding carboxylic acids is 1.